The van der Waals surface area contributed by atoms with Crippen molar-refractivity contribution < 1.29 is 22.4 Å². The number of halogens is 1. The molecular weight excluding hydrogens is 397 g/mol. The smallest absolute Gasteiger partial charge is 0.248 e. The second kappa shape index (κ2) is 8.71. The standard InChI is InChI=1S/C20H22FN3O4S/c21-18-4-2-1-3-16(18)13-23-20(26)15-9-11-24(12-10-15)29(27,28)17-7-5-14(6-8-17)19(22)25/h1-8,15H,9-13H2,(H2,22,25)(H,23,26). The molecule has 0 radical (unpaired) electrons. The predicted molar refractivity (Wildman–Crippen MR) is 105 cm³/mol. The second-order valence-corrected chi connectivity index (χ2v) is 8.81. The average Bonchev–Trinajstić information content (AvgIpc) is 2.73. The minimum absolute atomic E-state index is 0.0740. The molecule has 29 heavy (non-hydrogen) atoms. The molecule has 0 aliphatic carbocycles. The van der Waals surface area contributed by atoms with Crippen molar-refractivity contribution in [2.24, 2.45) is 11.7 Å². The maximum atomic E-state index is 13.6. The first-order chi connectivity index (χ1) is 13.8. The van der Waals surface area contributed by atoms with E-state index in [1.807, 2.05) is 0 Å². The van der Waals surface area contributed by atoms with Crippen LogP contribution in [0.2, 0.25) is 0 Å². The van der Waals surface area contributed by atoms with Crippen LogP contribution in [0, 0.1) is 11.7 Å². The Hall–Kier alpha value is -2.78. The molecule has 0 atom stereocenters. The number of nitrogens with zero attached hydrogens (tertiary/aromatic N) is 1. The van der Waals surface area contributed by atoms with Gasteiger partial charge in [-0.05, 0) is 43.2 Å². The molecule has 1 saturated heterocycles. The highest BCUT2D eigenvalue weighted by Crippen LogP contribution is 2.24. The normalized spacial score (nSPS) is 15.8. The first kappa shape index (κ1) is 20.9. The molecule has 7 nitrogen and oxygen atoms in total. The highest BCUT2D eigenvalue weighted by Gasteiger charge is 2.32. The summed E-state index contributed by atoms with van der Waals surface area (Å²) >= 11 is 0. The number of sulfonamides is 1. The van der Waals surface area contributed by atoms with Crippen LogP contribution in [0.1, 0.15) is 28.8 Å². The first-order valence-corrected chi connectivity index (χ1v) is 10.6. The summed E-state index contributed by atoms with van der Waals surface area (Å²) in [6.45, 7) is 0.506. The van der Waals surface area contributed by atoms with Crippen molar-refractivity contribution in [3.8, 4) is 0 Å². The van der Waals surface area contributed by atoms with E-state index in [-0.39, 0.29) is 47.7 Å². The molecule has 0 bridgehead atoms. The monoisotopic (exact) mass is 419 g/mol. The van der Waals surface area contributed by atoms with E-state index >= 15 is 0 Å². The van der Waals surface area contributed by atoms with E-state index in [4.69, 9.17) is 5.73 Å². The number of carbonyl (C=O) groups is 2. The molecule has 0 unspecified atom stereocenters. The fraction of sp³-hybridized carbons (Fsp3) is 0.300. The maximum Gasteiger partial charge on any atom is 0.248 e. The second-order valence-electron chi connectivity index (χ2n) is 6.88. The van der Waals surface area contributed by atoms with Gasteiger partial charge in [0.25, 0.3) is 0 Å². The topological polar surface area (TPSA) is 110 Å². The Morgan fingerprint density at radius 1 is 1.07 bits per heavy atom. The van der Waals surface area contributed by atoms with E-state index in [0.717, 1.165) is 0 Å². The number of primary amides is 1. The van der Waals surface area contributed by atoms with Crippen LogP contribution >= 0.6 is 0 Å². The van der Waals surface area contributed by atoms with Crippen LogP contribution < -0.4 is 11.1 Å². The number of amides is 2. The van der Waals surface area contributed by atoms with Crippen molar-refractivity contribution in [3.63, 3.8) is 0 Å². The number of carbonyl (C=O) groups excluding carboxylic acids is 2. The third kappa shape index (κ3) is 4.80. The zero-order valence-electron chi connectivity index (χ0n) is 15.7. The zero-order chi connectivity index (χ0) is 21.0. The molecule has 0 spiro atoms. The Morgan fingerprint density at radius 2 is 1.69 bits per heavy atom. The molecule has 1 fully saturated rings. The van der Waals surface area contributed by atoms with Crippen molar-refractivity contribution in [3.05, 3.63) is 65.5 Å². The van der Waals surface area contributed by atoms with Gasteiger partial charge in [-0.15, -0.1) is 0 Å². The molecule has 3 rings (SSSR count). The summed E-state index contributed by atoms with van der Waals surface area (Å²) in [5.74, 6) is -1.55. The molecule has 1 heterocycles. The summed E-state index contributed by atoms with van der Waals surface area (Å²) in [5, 5.41) is 2.72. The van der Waals surface area contributed by atoms with Gasteiger partial charge in [0.15, 0.2) is 0 Å². The van der Waals surface area contributed by atoms with Gasteiger partial charge in [-0.3, -0.25) is 9.59 Å². The lowest BCUT2D eigenvalue weighted by molar-refractivity contribution is -0.126. The van der Waals surface area contributed by atoms with Crippen LogP contribution in [0.25, 0.3) is 0 Å². The van der Waals surface area contributed by atoms with E-state index in [9.17, 15) is 22.4 Å². The van der Waals surface area contributed by atoms with Crippen LogP contribution in [0.15, 0.2) is 53.4 Å². The highest BCUT2D eigenvalue weighted by molar-refractivity contribution is 7.89. The molecule has 0 saturated carbocycles. The van der Waals surface area contributed by atoms with E-state index in [2.05, 4.69) is 5.32 Å². The average molecular weight is 419 g/mol. The fourth-order valence-corrected chi connectivity index (χ4v) is 4.74. The summed E-state index contributed by atoms with van der Waals surface area (Å²) in [6, 6.07) is 11.7. The lowest BCUT2D eigenvalue weighted by atomic mass is 9.97. The SMILES string of the molecule is NC(=O)c1ccc(S(=O)(=O)N2CCC(C(=O)NCc3ccccc3F)CC2)cc1. The summed E-state index contributed by atoms with van der Waals surface area (Å²) in [4.78, 5) is 23.6. The molecule has 1 aliphatic rings. The van der Waals surface area contributed by atoms with Gasteiger partial charge < -0.3 is 11.1 Å². The van der Waals surface area contributed by atoms with Crippen molar-refractivity contribution >= 4 is 21.8 Å². The number of hydrogen-bond donors (Lipinski definition) is 2. The highest BCUT2D eigenvalue weighted by atomic mass is 32.2. The van der Waals surface area contributed by atoms with E-state index in [0.29, 0.717) is 18.4 Å². The molecule has 2 aromatic rings. The molecular formula is C20H22FN3O4S. The Kier molecular flexibility index (Phi) is 6.29. The van der Waals surface area contributed by atoms with E-state index in [1.165, 1.54) is 34.6 Å². The van der Waals surface area contributed by atoms with Crippen LogP contribution in [0.4, 0.5) is 4.39 Å². The number of piperidine rings is 1. The van der Waals surface area contributed by atoms with E-state index < -0.39 is 15.9 Å². The number of nitrogens with one attached hydrogen (secondary N) is 1. The number of hydrogen-bond acceptors (Lipinski definition) is 4. The summed E-state index contributed by atoms with van der Waals surface area (Å²) in [5.41, 5.74) is 5.81. The molecule has 2 amide bonds. The summed E-state index contributed by atoms with van der Waals surface area (Å²) in [7, 11) is -3.71. The third-order valence-corrected chi connectivity index (χ3v) is 6.93. The quantitative estimate of drug-likeness (QED) is 0.742. The lowest BCUT2D eigenvalue weighted by Gasteiger charge is -2.30. The van der Waals surface area contributed by atoms with Gasteiger partial charge in [0.2, 0.25) is 21.8 Å². The summed E-state index contributed by atoms with van der Waals surface area (Å²) < 4.78 is 40.5. The number of rotatable bonds is 6. The molecule has 9 heteroatoms. The molecule has 154 valence electrons. The predicted octanol–water partition coefficient (Wildman–Crippen LogP) is 1.64. The Balaban J connectivity index is 1.57. The van der Waals surface area contributed by atoms with Gasteiger partial charge in [-0.1, -0.05) is 18.2 Å². The van der Waals surface area contributed by atoms with Gasteiger partial charge in [0.05, 0.1) is 4.90 Å². The van der Waals surface area contributed by atoms with Crippen molar-refractivity contribution in [1.29, 1.82) is 0 Å². The first-order valence-electron chi connectivity index (χ1n) is 9.20. The summed E-state index contributed by atoms with van der Waals surface area (Å²) in [6.07, 6.45) is 0.753. The van der Waals surface area contributed by atoms with Crippen molar-refractivity contribution in [1.82, 2.24) is 9.62 Å². The van der Waals surface area contributed by atoms with Gasteiger partial charge in [0.1, 0.15) is 5.82 Å². The molecule has 3 N–H and O–H groups in total. The van der Waals surface area contributed by atoms with Gasteiger partial charge in [-0.25, -0.2) is 12.8 Å². The number of benzene rings is 2. The Morgan fingerprint density at radius 3 is 2.28 bits per heavy atom. The maximum absolute atomic E-state index is 13.6. The third-order valence-electron chi connectivity index (χ3n) is 5.01. The molecule has 0 aromatic heterocycles. The van der Waals surface area contributed by atoms with Gasteiger partial charge in [0, 0.05) is 36.7 Å². The van der Waals surface area contributed by atoms with Gasteiger partial charge in [-0.2, -0.15) is 4.31 Å². The van der Waals surface area contributed by atoms with Crippen molar-refractivity contribution in [2.75, 3.05) is 13.1 Å². The van der Waals surface area contributed by atoms with Crippen LogP contribution in [-0.4, -0.2) is 37.6 Å². The van der Waals surface area contributed by atoms with Crippen LogP contribution in [0.3, 0.4) is 0 Å². The fourth-order valence-electron chi connectivity index (χ4n) is 3.27. The lowest BCUT2D eigenvalue weighted by Crippen LogP contribution is -2.42. The minimum Gasteiger partial charge on any atom is -0.366 e. The van der Waals surface area contributed by atoms with Gasteiger partial charge >= 0.3 is 0 Å². The zero-order valence-corrected chi connectivity index (χ0v) is 16.5. The van der Waals surface area contributed by atoms with E-state index in [1.54, 1.807) is 18.2 Å². The van der Waals surface area contributed by atoms with Crippen LogP contribution in [0.5, 0.6) is 0 Å². The van der Waals surface area contributed by atoms with Crippen LogP contribution in [-0.2, 0) is 21.4 Å². The Bertz CT molecular complexity index is 1000. The van der Waals surface area contributed by atoms with Crippen molar-refractivity contribution in [2.45, 2.75) is 24.3 Å². The molecule has 2 aromatic carbocycles. The molecule has 1 aliphatic heterocycles. The largest absolute Gasteiger partial charge is 0.366 e. The Labute approximate surface area is 168 Å². The minimum atomic E-state index is -3.71. The number of nitrogens with two attached hydrogens (primary N) is 1.